The third kappa shape index (κ3) is 2.68. The zero-order valence-electron chi connectivity index (χ0n) is 10.7. The first-order valence-electron chi connectivity index (χ1n) is 6.43. The minimum atomic E-state index is 0.635. The van der Waals surface area contributed by atoms with Gasteiger partial charge in [-0.1, -0.05) is 36.9 Å². The number of hydrogen-bond donors (Lipinski definition) is 1. The van der Waals surface area contributed by atoms with E-state index in [1.54, 1.807) is 0 Å². The van der Waals surface area contributed by atoms with Crippen LogP contribution in [-0.4, -0.2) is 20.1 Å². The highest BCUT2D eigenvalue weighted by Crippen LogP contribution is 2.36. The molecule has 0 saturated heterocycles. The summed E-state index contributed by atoms with van der Waals surface area (Å²) >= 11 is 6.34. The lowest BCUT2D eigenvalue weighted by atomic mass is 9.94. The molecule has 1 fully saturated rings. The molecule has 1 aromatic carbocycles. The van der Waals surface area contributed by atoms with Crippen LogP contribution in [0.5, 0.6) is 0 Å². The van der Waals surface area contributed by atoms with Crippen molar-refractivity contribution in [1.29, 1.82) is 0 Å². The second kappa shape index (κ2) is 5.63. The van der Waals surface area contributed by atoms with Gasteiger partial charge < -0.3 is 10.2 Å². The predicted octanol–water partition coefficient (Wildman–Crippen LogP) is 4.15. The third-order valence-corrected chi connectivity index (χ3v) is 4.04. The molecule has 0 radical (unpaired) electrons. The standard InChI is InChI=1S/C14H21ClN2/c1-16-13-10-6-9-12(15)14(13)17(2)11-7-4-3-5-8-11/h6,9-11,16H,3-5,7-8H2,1-2H3. The van der Waals surface area contributed by atoms with E-state index in [4.69, 9.17) is 11.6 Å². The lowest BCUT2D eigenvalue weighted by Crippen LogP contribution is -2.33. The fraction of sp³-hybridized carbons (Fsp3) is 0.571. The van der Waals surface area contributed by atoms with Crippen molar-refractivity contribution in [3.8, 4) is 0 Å². The van der Waals surface area contributed by atoms with Crippen molar-refractivity contribution >= 4 is 23.0 Å². The number of nitrogens with zero attached hydrogens (tertiary/aromatic N) is 1. The van der Waals surface area contributed by atoms with Crippen molar-refractivity contribution in [3.05, 3.63) is 23.2 Å². The topological polar surface area (TPSA) is 15.3 Å². The monoisotopic (exact) mass is 252 g/mol. The lowest BCUT2D eigenvalue weighted by Gasteiger charge is -2.34. The number of benzene rings is 1. The summed E-state index contributed by atoms with van der Waals surface area (Å²) in [6.07, 6.45) is 6.63. The van der Waals surface area contributed by atoms with Crippen LogP contribution in [0.15, 0.2) is 18.2 Å². The fourth-order valence-corrected chi connectivity index (χ4v) is 3.03. The molecule has 1 aliphatic rings. The van der Waals surface area contributed by atoms with Crippen LogP contribution < -0.4 is 10.2 Å². The molecule has 0 atom stereocenters. The van der Waals surface area contributed by atoms with Crippen LogP contribution in [0.4, 0.5) is 11.4 Å². The van der Waals surface area contributed by atoms with Gasteiger partial charge in [0.25, 0.3) is 0 Å². The molecule has 0 heterocycles. The van der Waals surface area contributed by atoms with Crippen LogP contribution >= 0.6 is 11.6 Å². The summed E-state index contributed by atoms with van der Waals surface area (Å²) in [5, 5.41) is 4.07. The molecule has 0 bridgehead atoms. The molecule has 0 aromatic heterocycles. The molecule has 1 N–H and O–H groups in total. The van der Waals surface area contributed by atoms with Gasteiger partial charge in [0.05, 0.1) is 16.4 Å². The van der Waals surface area contributed by atoms with E-state index >= 15 is 0 Å². The average Bonchev–Trinajstić information content (AvgIpc) is 2.38. The van der Waals surface area contributed by atoms with E-state index in [0.717, 1.165) is 16.4 Å². The van der Waals surface area contributed by atoms with Gasteiger partial charge in [0.2, 0.25) is 0 Å². The Kier molecular flexibility index (Phi) is 4.16. The second-order valence-electron chi connectivity index (χ2n) is 4.79. The Morgan fingerprint density at radius 3 is 2.59 bits per heavy atom. The van der Waals surface area contributed by atoms with Crippen LogP contribution in [0, 0.1) is 0 Å². The van der Waals surface area contributed by atoms with Crippen LogP contribution in [0.3, 0.4) is 0 Å². The number of rotatable bonds is 3. The van der Waals surface area contributed by atoms with E-state index in [1.165, 1.54) is 32.1 Å². The molecule has 0 amide bonds. The van der Waals surface area contributed by atoms with E-state index in [2.05, 4.69) is 23.3 Å². The maximum atomic E-state index is 6.34. The Balaban J connectivity index is 2.25. The van der Waals surface area contributed by atoms with Crippen molar-refractivity contribution in [2.75, 3.05) is 24.3 Å². The zero-order chi connectivity index (χ0) is 12.3. The molecule has 0 spiro atoms. The van der Waals surface area contributed by atoms with E-state index < -0.39 is 0 Å². The number of halogens is 1. The van der Waals surface area contributed by atoms with Gasteiger partial charge >= 0.3 is 0 Å². The highest BCUT2D eigenvalue weighted by Gasteiger charge is 2.21. The summed E-state index contributed by atoms with van der Waals surface area (Å²) in [7, 11) is 4.11. The molecule has 3 heteroatoms. The molecule has 2 rings (SSSR count). The highest BCUT2D eigenvalue weighted by atomic mass is 35.5. The lowest BCUT2D eigenvalue weighted by molar-refractivity contribution is 0.428. The summed E-state index contributed by atoms with van der Waals surface area (Å²) in [6.45, 7) is 0. The maximum absolute atomic E-state index is 6.34. The third-order valence-electron chi connectivity index (χ3n) is 3.73. The SMILES string of the molecule is CNc1cccc(Cl)c1N(C)C1CCCCC1. The van der Waals surface area contributed by atoms with E-state index in [9.17, 15) is 0 Å². The summed E-state index contributed by atoms with van der Waals surface area (Å²) < 4.78 is 0. The number of para-hydroxylation sites is 1. The van der Waals surface area contributed by atoms with Crippen molar-refractivity contribution in [3.63, 3.8) is 0 Å². The van der Waals surface area contributed by atoms with Crippen molar-refractivity contribution in [1.82, 2.24) is 0 Å². The first kappa shape index (κ1) is 12.6. The van der Waals surface area contributed by atoms with E-state index in [-0.39, 0.29) is 0 Å². The normalized spacial score (nSPS) is 16.9. The molecular weight excluding hydrogens is 232 g/mol. The minimum Gasteiger partial charge on any atom is -0.386 e. The quantitative estimate of drug-likeness (QED) is 0.869. The summed E-state index contributed by atoms with van der Waals surface area (Å²) in [4.78, 5) is 2.35. The molecule has 1 aromatic rings. The molecule has 94 valence electrons. The van der Waals surface area contributed by atoms with Gasteiger partial charge in [-0.2, -0.15) is 0 Å². The first-order valence-corrected chi connectivity index (χ1v) is 6.81. The average molecular weight is 253 g/mol. The smallest absolute Gasteiger partial charge is 0.0791 e. The zero-order valence-corrected chi connectivity index (χ0v) is 11.4. The van der Waals surface area contributed by atoms with Crippen molar-refractivity contribution < 1.29 is 0 Å². The van der Waals surface area contributed by atoms with E-state index in [1.807, 2.05) is 19.2 Å². The van der Waals surface area contributed by atoms with E-state index in [0.29, 0.717) is 6.04 Å². The summed E-state index contributed by atoms with van der Waals surface area (Å²) in [5.41, 5.74) is 2.26. The van der Waals surface area contributed by atoms with Gasteiger partial charge in [0.1, 0.15) is 0 Å². The van der Waals surface area contributed by atoms with Crippen molar-refractivity contribution in [2.45, 2.75) is 38.1 Å². The Hall–Kier alpha value is -0.890. The van der Waals surface area contributed by atoms with Gasteiger partial charge in [-0.15, -0.1) is 0 Å². The predicted molar refractivity (Wildman–Crippen MR) is 76.3 cm³/mol. The van der Waals surface area contributed by atoms with Crippen LogP contribution in [-0.2, 0) is 0 Å². The van der Waals surface area contributed by atoms with Crippen molar-refractivity contribution in [2.24, 2.45) is 0 Å². The largest absolute Gasteiger partial charge is 0.386 e. The number of anilines is 2. The van der Waals surface area contributed by atoms with Gasteiger partial charge in [0, 0.05) is 20.1 Å². The van der Waals surface area contributed by atoms with Gasteiger partial charge in [-0.3, -0.25) is 0 Å². The first-order chi connectivity index (χ1) is 8.24. The Bertz CT molecular complexity index is 372. The Morgan fingerprint density at radius 2 is 1.94 bits per heavy atom. The Morgan fingerprint density at radius 1 is 1.24 bits per heavy atom. The van der Waals surface area contributed by atoms with Crippen LogP contribution in [0.2, 0.25) is 5.02 Å². The van der Waals surface area contributed by atoms with Gasteiger partial charge in [0.15, 0.2) is 0 Å². The summed E-state index contributed by atoms with van der Waals surface area (Å²) in [6, 6.07) is 6.68. The molecular formula is C14H21ClN2. The van der Waals surface area contributed by atoms with Gasteiger partial charge in [-0.25, -0.2) is 0 Å². The Labute approximate surface area is 109 Å². The van der Waals surface area contributed by atoms with Crippen LogP contribution in [0.25, 0.3) is 0 Å². The molecule has 0 aliphatic heterocycles. The fourth-order valence-electron chi connectivity index (χ4n) is 2.73. The molecule has 2 nitrogen and oxygen atoms in total. The molecule has 1 saturated carbocycles. The second-order valence-corrected chi connectivity index (χ2v) is 5.20. The molecule has 0 unspecified atom stereocenters. The van der Waals surface area contributed by atoms with Gasteiger partial charge in [-0.05, 0) is 25.0 Å². The number of nitrogens with one attached hydrogen (secondary N) is 1. The minimum absolute atomic E-state index is 0.635. The highest BCUT2D eigenvalue weighted by molar-refractivity contribution is 6.34. The molecule has 1 aliphatic carbocycles. The molecule has 17 heavy (non-hydrogen) atoms. The maximum Gasteiger partial charge on any atom is 0.0791 e. The summed E-state index contributed by atoms with van der Waals surface area (Å²) in [5.74, 6) is 0. The van der Waals surface area contributed by atoms with Crippen LogP contribution in [0.1, 0.15) is 32.1 Å². The number of hydrogen-bond acceptors (Lipinski definition) is 2.